The summed E-state index contributed by atoms with van der Waals surface area (Å²) >= 11 is 0. The molecule has 1 atom stereocenters. The van der Waals surface area contributed by atoms with E-state index in [1.807, 2.05) is 30.3 Å². The molecule has 1 unspecified atom stereocenters. The van der Waals surface area contributed by atoms with E-state index >= 15 is 0 Å². The molecule has 2 aromatic carbocycles. The highest BCUT2D eigenvalue weighted by Crippen LogP contribution is 2.31. The standard InChI is InChI=1S/C15H13N3O2/c19-13-9-5-4-8-12(13)15-14(17-16-10-18(15)20)11-6-2-1-3-7-11/h1-10,15,19-20H. The normalized spacial score (nSPS) is 17.9. The van der Waals surface area contributed by atoms with Crippen LogP contribution in [-0.4, -0.2) is 27.4 Å². The number of hydroxylamine groups is 2. The molecule has 1 aliphatic rings. The lowest BCUT2D eigenvalue weighted by molar-refractivity contribution is -0.0295. The van der Waals surface area contributed by atoms with E-state index in [4.69, 9.17) is 0 Å². The fourth-order valence-electron chi connectivity index (χ4n) is 2.22. The molecule has 1 aliphatic heterocycles. The Kier molecular flexibility index (Phi) is 3.18. The maximum Gasteiger partial charge on any atom is 0.139 e. The second-order valence-corrected chi connectivity index (χ2v) is 4.42. The summed E-state index contributed by atoms with van der Waals surface area (Å²) in [6, 6.07) is 15.7. The summed E-state index contributed by atoms with van der Waals surface area (Å²) in [4.78, 5) is 0. The van der Waals surface area contributed by atoms with Gasteiger partial charge in [-0.05, 0) is 6.07 Å². The first-order valence-corrected chi connectivity index (χ1v) is 6.19. The number of nitrogens with zero attached hydrogens (tertiary/aromatic N) is 3. The largest absolute Gasteiger partial charge is 0.508 e. The van der Waals surface area contributed by atoms with Gasteiger partial charge in [0, 0.05) is 11.1 Å². The Bertz CT molecular complexity index is 668. The van der Waals surface area contributed by atoms with Crippen molar-refractivity contribution >= 4 is 12.1 Å². The molecule has 0 fully saturated rings. The van der Waals surface area contributed by atoms with Crippen molar-refractivity contribution in [3.8, 4) is 5.75 Å². The summed E-state index contributed by atoms with van der Waals surface area (Å²) < 4.78 is 0. The predicted molar refractivity (Wildman–Crippen MR) is 75.9 cm³/mol. The first kappa shape index (κ1) is 12.4. The molecule has 0 aromatic heterocycles. The smallest absolute Gasteiger partial charge is 0.139 e. The van der Waals surface area contributed by atoms with E-state index in [9.17, 15) is 10.3 Å². The summed E-state index contributed by atoms with van der Waals surface area (Å²) in [5.41, 5.74) is 2.00. The number of hydrogen-bond donors (Lipinski definition) is 2. The van der Waals surface area contributed by atoms with Crippen LogP contribution in [-0.2, 0) is 0 Å². The zero-order valence-electron chi connectivity index (χ0n) is 10.6. The van der Waals surface area contributed by atoms with Gasteiger partial charge in [0.1, 0.15) is 23.8 Å². The molecule has 5 heteroatoms. The van der Waals surface area contributed by atoms with Crippen LogP contribution in [0, 0.1) is 0 Å². The van der Waals surface area contributed by atoms with E-state index in [2.05, 4.69) is 10.2 Å². The van der Waals surface area contributed by atoms with E-state index < -0.39 is 6.04 Å². The minimum absolute atomic E-state index is 0.107. The molecule has 0 saturated carbocycles. The SMILES string of the molecule is Oc1ccccc1C1C(c2ccccc2)=NN=CN1O. The molecule has 3 rings (SSSR count). The predicted octanol–water partition coefficient (Wildman–Crippen LogP) is 2.57. The van der Waals surface area contributed by atoms with Gasteiger partial charge in [0.05, 0.1) is 0 Å². The van der Waals surface area contributed by atoms with Crippen LogP contribution in [0.4, 0.5) is 0 Å². The zero-order chi connectivity index (χ0) is 13.9. The number of benzene rings is 2. The fourth-order valence-corrected chi connectivity index (χ4v) is 2.22. The van der Waals surface area contributed by atoms with Gasteiger partial charge in [-0.1, -0.05) is 48.5 Å². The molecular weight excluding hydrogens is 254 g/mol. The topological polar surface area (TPSA) is 68.4 Å². The lowest BCUT2D eigenvalue weighted by Crippen LogP contribution is -2.33. The molecule has 100 valence electrons. The molecule has 5 nitrogen and oxygen atoms in total. The van der Waals surface area contributed by atoms with Crippen molar-refractivity contribution < 1.29 is 10.3 Å². The van der Waals surface area contributed by atoms with Crippen molar-refractivity contribution in [3.63, 3.8) is 0 Å². The van der Waals surface area contributed by atoms with Gasteiger partial charge in [-0.2, -0.15) is 5.10 Å². The van der Waals surface area contributed by atoms with E-state index in [0.29, 0.717) is 11.3 Å². The van der Waals surface area contributed by atoms with Gasteiger partial charge in [-0.15, -0.1) is 5.10 Å². The molecule has 2 aromatic rings. The second-order valence-electron chi connectivity index (χ2n) is 4.42. The van der Waals surface area contributed by atoms with Gasteiger partial charge >= 0.3 is 0 Å². The molecular formula is C15H13N3O2. The molecule has 0 radical (unpaired) electrons. The number of phenolic OH excluding ortho intramolecular Hbond substituents is 1. The van der Waals surface area contributed by atoms with Gasteiger partial charge in [-0.3, -0.25) is 5.21 Å². The molecule has 0 aliphatic carbocycles. The highest BCUT2D eigenvalue weighted by atomic mass is 16.5. The van der Waals surface area contributed by atoms with Crippen molar-refractivity contribution in [1.29, 1.82) is 0 Å². The third kappa shape index (κ3) is 2.15. The minimum Gasteiger partial charge on any atom is -0.508 e. The number of phenols is 1. The first-order chi connectivity index (χ1) is 9.77. The monoisotopic (exact) mass is 267 g/mol. The van der Waals surface area contributed by atoms with Gasteiger partial charge in [0.2, 0.25) is 0 Å². The van der Waals surface area contributed by atoms with Crippen molar-refractivity contribution in [2.75, 3.05) is 0 Å². The number of para-hydroxylation sites is 1. The maximum absolute atomic E-state index is 10.1. The second kappa shape index (κ2) is 5.14. The highest BCUT2D eigenvalue weighted by molar-refractivity contribution is 6.06. The van der Waals surface area contributed by atoms with Crippen LogP contribution >= 0.6 is 0 Å². The summed E-state index contributed by atoms with van der Waals surface area (Å²) in [5, 5.41) is 28.9. The van der Waals surface area contributed by atoms with Crippen LogP contribution in [0.5, 0.6) is 5.75 Å². The third-order valence-electron chi connectivity index (χ3n) is 3.16. The Balaban J connectivity index is 2.10. The fraction of sp³-hybridized carbons (Fsp3) is 0.0667. The Morgan fingerprint density at radius 1 is 0.950 bits per heavy atom. The van der Waals surface area contributed by atoms with E-state index in [1.54, 1.807) is 24.3 Å². The van der Waals surface area contributed by atoms with Crippen LogP contribution in [0.3, 0.4) is 0 Å². The zero-order valence-corrected chi connectivity index (χ0v) is 10.6. The summed E-state index contributed by atoms with van der Waals surface area (Å²) in [7, 11) is 0. The van der Waals surface area contributed by atoms with Gasteiger partial charge in [-0.25, -0.2) is 5.06 Å². The van der Waals surface area contributed by atoms with Crippen LogP contribution in [0.15, 0.2) is 64.8 Å². The molecule has 1 heterocycles. The third-order valence-corrected chi connectivity index (χ3v) is 3.16. The van der Waals surface area contributed by atoms with E-state index in [0.717, 1.165) is 10.6 Å². The highest BCUT2D eigenvalue weighted by Gasteiger charge is 2.29. The summed E-state index contributed by atoms with van der Waals surface area (Å²) in [6.07, 6.45) is 1.23. The van der Waals surface area contributed by atoms with Crippen molar-refractivity contribution in [2.24, 2.45) is 10.2 Å². The maximum atomic E-state index is 10.1. The minimum atomic E-state index is -0.587. The van der Waals surface area contributed by atoms with Gasteiger partial charge in [0.15, 0.2) is 0 Å². The van der Waals surface area contributed by atoms with Crippen molar-refractivity contribution in [1.82, 2.24) is 5.06 Å². The van der Waals surface area contributed by atoms with Crippen LogP contribution in [0.1, 0.15) is 17.2 Å². The molecule has 0 amide bonds. The summed E-state index contributed by atoms with van der Waals surface area (Å²) in [6.45, 7) is 0. The molecule has 20 heavy (non-hydrogen) atoms. The van der Waals surface area contributed by atoms with Crippen molar-refractivity contribution in [2.45, 2.75) is 6.04 Å². The number of hydrogen-bond acceptors (Lipinski definition) is 5. The Labute approximate surface area is 116 Å². The Morgan fingerprint density at radius 2 is 1.65 bits per heavy atom. The summed E-state index contributed by atoms with van der Waals surface area (Å²) in [5.74, 6) is 0.107. The average molecular weight is 267 g/mol. The lowest BCUT2D eigenvalue weighted by Gasteiger charge is -2.28. The van der Waals surface area contributed by atoms with E-state index in [1.165, 1.54) is 6.34 Å². The lowest BCUT2D eigenvalue weighted by atomic mass is 9.95. The quantitative estimate of drug-likeness (QED) is 0.878. The number of aromatic hydroxyl groups is 1. The first-order valence-electron chi connectivity index (χ1n) is 6.19. The molecule has 0 bridgehead atoms. The van der Waals surface area contributed by atoms with Crippen LogP contribution in [0.25, 0.3) is 0 Å². The number of rotatable bonds is 2. The average Bonchev–Trinajstić information content (AvgIpc) is 2.49. The molecule has 0 spiro atoms. The molecule has 0 saturated heterocycles. The Hall–Kier alpha value is -2.66. The van der Waals surface area contributed by atoms with Gasteiger partial charge in [0.25, 0.3) is 0 Å². The Morgan fingerprint density at radius 3 is 2.40 bits per heavy atom. The van der Waals surface area contributed by atoms with Crippen molar-refractivity contribution in [3.05, 3.63) is 65.7 Å². The molecule has 2 N–H and O–H groups in total. The van der Waals surface area contributed by atoms with Crippen LogP contribution in [0.2, 0.25) is 0 Å². The van der Waals surface area contributed by atoms with Crippen LogP contribution < -0.4 is 0 Å². The van der Waals surface area contributed by atoms with Gasteiger partial charge < -0.3 is 5.11 Å². The van der Waals surface area contributed by atoms with E-state index in [-0.39, 0.29) is 5.75 Å².